The first kappa shape index (κ1) is 74.7. The number of esters is 1. The average Bonchev–Trinajstić information content (AvgIpc) is 1.71. The second-order valence-corrected chi connectivity index (χ2v) is 25.9. The van der Waals surface area contributed by atoms with Crippen LogP contribution in [0.2, 0.25) is 0 Å². The summed E-state index contributed by atoms with van der Waals surface area (Å²) >= 11 is 14.3. The fourth-order valence-corrected chi connectivity index (χ4v) is 14.1. The minimum Gasteiger partial charge on any atom is -0.489 e. The van der Waals surface area contributed by atoms with Crippen LogP contribution in [0.4, 0.5) is 5.95 Å². The van der Waals surface area contributed by atoms with E-state index in [0.717, 1.165) is 25.7 Å². The van der Waals surface area contributed by atoms with E-state index in [-0.39, 0.29) is 116 Å². The topological polar surface area (TPSA) is 379 Å². The van der Waals surface area contributed by atoms with Crippen molar-refractivity contribution in [3.05, 3.63) is 42.4 Å². The number of rotatable bonds is 41. The Hall–Kier alpha value is -4.52. The lowest BCUT2D eigenvalue weighted by Gasteiger charge is -2.40. The molecule has 10 N–H and O–H groups in total. The Balaban J connectivity index is 0.665. The zero-order valence-corrected chi connectivity index (χ0v) is 58.6. The fourth-order valence-electron chi connectivity index (χ4n) is 11.0. The molecule has 2 saturated heterocycles. The van der Waals surface area contributed by atoms with Crippen LogP contribution in [0.3, 0.4) is 0 Å². The second-order valence-electron chi connectivity index (χ2n) is 22.6. The van der Waals surface area contributed by atoms with Crippen molar-refractivity contribution in [3.63, 3.8) is 0 Å². The molecule has 33 heteroatoms. The minimum atomic E-state index is -1.60. The van der Waals surface area contributed by atoms with Gasteiger partial charge in [0.15, 0.2) is 0 Å². The van der Waals surface area contributed by atoms with Crippen molar-refractivity contribution in [1.82, 2.24) is 24.9 Å². The molecule has 29 nitrogen and oxygen atoms in total. The van der Waals surface area contributed by atoms with E-state index in [1.165, 1.54) is 0 Å². The highest BCUT2D eigenvalue weighted by atomic mass is 79.9. The van der Waals surface area contributed by atoms with Gasteiger partial charge in [0.1, 0.15) is 79.9 Å². The largest absolute Gasteiger partial charge is 0.489 e. The van der Waals surface area contributed by atoms with Crippen LogP contribution in [0.1, 0.15) is 45.4 Å². The van der Waals surface area contributed by atoms with Crippen LogP contribution in [-0.4, -0.2) is 254 Å². The van der Waals surface area contributed by atoms with E-state index >= 15 is 0 Å². The highest BCUT2D eigenvalue weighted by Gasteiger charge is 2.49. The van der Waals surface area contributed by atoms with Gasteiger partial charge in [-0.1, -0.05) is 6.92 Å². The number of anilines is 1. The van der Waals surface area contributed by atoms with Crippen molar-refractivity contribution < 1.29 is 112 Å². The monoisotopic (exact) mass is 1590 g/mol. The Bertz CT molecular complexity index is 3080. The number of aliphatic hydroxyl groups is 7. The lowest BCUT2D eigenvalue weighted by molar-refractivity contribution is -0.277. The van der Waals surface area contributed by atoms with E-state index in [2.05, 4.69) is 106 Å². The Morgan fingerprint density at radius 2 is 1.03 bits per heavy atom. The van der Waals surface area contributed by atoms with Gasteiger partial charge in [-0.3, -0.25) is 4.79 Å². The van der Waals surface area contributed by atoms with E-state index in [1.54, 1.807) is 25.4 Å². The number of hydrogen-bond donors (Lipinski definition) is 10. The predicted molar refractivity (Wildman–Crippen MR) is 351 cm³/mol. The number of aliphatic hydroxyl groups excluding tert-OH is 7. The highest BCUT2D eigenvalue weighted by molar-refractivity contribution is 9.11. The smallest absolute Gasteiger partial charge is 0.324 e. The summed E-state index contributed by atoms with van der Waals surface area (Å²) in [6.45, 7) is 5.28. The summed E-state index contributed by atoms with van der Waals surface area (Å²) in [5.74, 6) is 9.14. The predicted octanol–water partition coefficient (Wildman–Crippen LogP) is 4.71. The zero-order chi connectivity index (χ0) is 67.2. The quantitative estimate of drug-likeness (QED) is 0.0144. The summed E-state index contributed by atoms with van der Waals surface area (Å²) < 4.78 is 89.4. The molecule has 5 aromatic rings. The molecule has 5 heterocycles. The van der Waals surface area contributed by atoms with E-state index in [9.17, 15) is 40.5 Å². The van der Waals surface area contributed by atoms with Crippen LogP contribution >= 0.6 is 63.7 Å². The number of aromatic nitrogens is 5. The first-order chi connectivity index (χ1) is 46.1. The van der Waals surface area contributed by atoms with Crippen molar-refractivity contribution >= 4 is 97.4 Å². The number of hydrogen-bond acceptors (Lipinski definition) is 27. The van der Waals surface area contributed by atoms with Gasteiger partial charge in [0.2, 0.25) is 18.5 Å². The minimum absolute atomic E-state index is 0.0119. The van der Waals surface area contributed by atoms with Crippen LogP contribution < -0.4 is 33.7 Å². The number of benzene rings is 2. The van der Waals surface area contributed by atoms with Crippen LogP contribution in [0, 0.1) is 35.5 Å². The average molecular weight is 1600 g/mol. The van der Waals surface area contributed by atoms with Crippen molar-refractivity contribution in [1.29, 1.82) is 0 Å². The van der Waals surface area contributed by atoms with Crippen LogP contribution in [0.15, 0.2) is 42.4 Å². The summed E-state index contributed by atoms with van der Waals surface area (Å²) in [5.41, 5.74) is 1.34. The molecule has 1 saturated carbocycles. The number of aromatic amines is 2. The molecule has 4 aliphatic rings. The standard InChI is InChI=1S/C62H82Br4N6O23/c1-34-44(31-73)94-58(54(79)51(34)76)92-42-29-68-40-27-38(63)56(49(65)47(40)42)87-23-19-83-15-17-85-21-25-89-61-70-60(67-10-12-82-14-13-81-11-6-9-46(75)91-33-37-35-7-4-2-3-5-8-36(35)37)71-62(72-61)90-26-22-86-18-16-84-20-24-88-57-39(64)28-41-48(50(57)66)43(30-69-41)93-59-55(80)53(78)52(77)45(32-74)95-59/h27-30,34-37,44-45,51-55,58-59,68-69,73-74,76-80H,4-26,31-33H2,1H3,(H,67,70,71,72)/t34-,35-,36+,37?,44-,45-,51+,52-,53+,54-,55-,58-,59-/m1/s1. The van der Waals surface area contributed by atoms with Gasteiger partial charge in [-0.15, -0.1) is 16.8 Å². The van der Waals surface area contributed by atoms with E-state index < -0.39 is 67.8 Å². The fraction of sp³-hybridized carbons (Fsp3) is 0.645. The van der Waals surface area contributed by atoms with Gasteiger partial charge in [-0.2, -0.15) is 9.97 Å². The maximum atomic E-state index is 12.4. The summed E-state index contributed by atoms with van der Waals surface area (Å²) in [6.07, 6.45) is -3.67. The lowest BCUT2D eigenvalue weighted by Crippen LogP contribution is -2.60. The lowest BCUT2D eigenvalue weighted by atomic mass is 9.91. The van der Waals surface area contributed by atoms with Gasteiger partial charge in [-0.25, -0.2) is 0 Å². The molecule has 0 radical (unpaired) electrons. The molecule has 526 valence electrons. The molecule has 2 aliphatic carbocycles. The molecule has 2 aliphatic heterocycles. The van der Waals surface area contributed by atoms with Crippen molar-refractivity contribution in [2.45, 2.75) is 101 Å². The number of ether oxygens (including phenoxy) is 15. The molecule has 2 aromatic carbocycles. The first-order valence-corrected chi connectivity index (χ1v) is 34.7. The summed E-state index contributed by atoms with van der Waals surface area (Å²) in [6, 6.07) is 3.56. The maximum Gasteiger partial charge on any atom is 0.324 e. The van der Waals surface area contributed by atoms with E-state index in [1.807, 2.05) is 6.07 Å². The van der Waals surface area contributed by atoms with Gasteiger partial charge in [0.25, 0.3) is 0 Å². The molecule has 9 rings (SSSR count). The summed E-state index contributed by atoms with van der Waals surface area (Å²) in [5, 5.41) is 75.9. The van der Waals surface area contributed by atoms with Crippen molar-refractivity contribution in [3.8, 4) is 46.9 Å². The zero-order valence-electron chi connectivity index (χ0n) is 52.2. The molecular formula is C62H82Br4N6O23. The third kappa shape index (κ3) is 21.0. The molecule has 3 fully saturated rings. The highest BCUT2D eigenvalue weighted by Crippen LogP contribution is 2.52. The van der Waals surface area contributed by atoms with Crippen molar-refractivity contribution in [2.24, 2.45) is 23.7 Å². The normalized spacial score (nSPS) is 24.9. The van der Waals surface area contributed by atoms with E-state index in [4.69, 9.17) is 71.1 Å². The van der Waals surface area contributed by atoms with Gasteiger partial charge in [-0.05, 0) is 113 Å². The molecular weight excluding hydrogens is 1520 g/mol. The third-order valence-electron chi connectivity index (χ3n) is 16.2. The van der Waals surface area contributed by atoms with Crippen molar-refractivity contribution in [2.75, 3.05) is 137 Å². The molecule has 13 atom stereocenters. The maximum absolute atomic E-state index is 12.4. The number of H-pyrrole nitrogens is 2. The Kier molecular flexibility index (Phi) is 30.0. The Morgan fingerprint density at radius 1 is 0.579 bits per heavy atom. The van der Waals surface area contributed by atoms with Crippen LogP contribution in [0.25, 0.3) is 21.8 Å². The Morgan fingerprint density at radius 3 is 1.54 bits per heavy atom. The van der Waals surface area contributed by atoms with Gasteiger partial charge >= 0.3 is 18.0 Å². The number of carbonyl (C=O) groups is 1. The van der Waals surface area contributed by atoms with Gasteiger partial charge in [0.05, 0.1) is 144 Å². The second kappa shape index (κ2) is 38.2. The number of fused-ring (bicyclic) bond motifs is 3. The number of nitrogens with zero attached hydrogens (tertiary/aromatic N) is 3. The molecule has 0 bridgehead atoms. The molecule has 0 spiro atoms. The van der Waals surface area contributed by atoms with Gasteiger partial charge in [0, 0.05) is 50.7 Å². The molecule has 3 aromatic heterocycles. The third-order valence-corrected chi connectivity index (χ3v) is 18.9. The SMILES string of the molecule is C[C@H]1[C@H](O)[C@@H](O)[C@H](Oc2c[nH]c3cc(Br)c(OCCOCCOCCOc4nc(NCCOCCOCCCC(=O)OCC5[C@H]6CCC#CCC[C@@H]56)nc(OCCOCCOCCOc5c(Br)cc6[nH]cc(O[C@@H]7O[C@H](CO)[C@@H](O)[C@H](O)[C@H]7O)c6c5Br)n4)c(Br)c23)O[C@@H]1CO. The number of carbonyl (C=O) groups excluding carboxylic acids is 1. The van der Waals surface area contributed by atoms with E-state index in [0.29, 0.717) is 127 Å². The molecule has 1 unspecified atom stereocenters. The summed E-state index contributed by atoms with van der Waals surface area (Å²) in [4.78, 5) is 31.7. The summed E-state index contributed by atoms with van der Waals surface area (Å²) in [7, 11) is 0. The Labute approximate surface area is 581 Å². The molecule has 95 heavy (non-hydrogen) atoms. The van der Waals surface area contributed by atoms with Crippen LogP contribution in [0.5, 0.6) is 35.0 Å². The first-order valence-electron chi connectivity index (χ1n) is 31.5. The number of nitrogens with one attached hydrogen (secondary N) is 3. The van der Waals surface area contributed by atoms with Gasteiger partial charge < -0.3 is 122 Å². The number of halogens is 4. The van der Waals surface area contributed by atoms with Crippen LogP contribution in [-0.2, 0) is 47.4 Å². The molecule has 0 amide bonds.